The fourth-order valence-electron chi connectivity index (χ4n) is 3.19. The summed E-state index contributed by atoms with van der Waals surface area (Å²) in [5.41, 5.74) is 0. The van der Waals surface area contributed by atoms with E-state index in [4.69, 9.17) is 6.42 Å². The Morgan fingerprint density at radius 1 is 0.0762 bits per heavy atom. The Labute approximate surface area is 619 Å². The molecule has 0 saturated heterocycles. The molecule has 0 aromatic heterocycles. The SMILES string of the molecule is C#CC#CC#CC#CC#CC#CC#CC#CC#CC#CC#CC#CC#CC#CC#CC#CC#CC#CC#CC#CC#CC#CC#CC#CC#CC#CC#CC#CC#CC#CC#CC#CC#CC#CC#CC#CC#CC#CC#CC#CC#CC#CC#CC#CC#CC#CC#CC#CC#CC#CC#CC#CC. The van der Waals surface area contributed by atoms with Crippen LogP contribution in [0.5, 0.6) is 0 Å². The Morgan fingerprint density at radius 2 is 0.124 bits per heavy atom. The molecule has 0 heteroatoms. The quantitative estimate of drug-likeness (QED) is 0.316. The highest BCUT2D eigenvalue weighted by Gasteiger charge is 1.67. The Balaban J connectivity index is 4.64. The van der Waals surface area contributed by atoms with E-state index in [9.17, 15) is 0 Å². The summed E-state index contributed by atoms with van der Waals surface area (Å²) in [6.45, 7) is 1.68. The van der Waals surface area contributed by atoms with Gasteiger partial charge in [0.2, 0.25) is 0 Å². The lowest BCUT2D eigenvalue weighted by atomic mass is 10.4. The first-order valence-electron chi connectivity index (χ1n) is 26.3. The van der Waals surface area contributed by atoms with Gasteiger partial charge >= 0.3 is 0 Å². The van der Waals surface area contributed by atoms with E-state index in [1.54, 1.807) is 6.92 Å². The van der Waals surface area contributed by atoms with Crippen molar-refractivity contribution in [2.24, 2.45) is 0 Å². The highest BCUT2D eigenvalue weighted by molar-refractivity contribution is 5.56. The van der Waals surface area contributed by atoms with Gasteiger partial charge in [0, 0.05) is 509 Å². The Kier molecular flexibility index (Phi) is 63.4. The van der Waals surface area contributed by atoms with Gasteiger partial charge in [-0.1, -0.05) is 5.92 Å². The van der Waals surface area contributed by atoms with Gasteiger partial charge in [-0.25, -0.2) is 0 Å². The molecule has 0 radical (unpaired) electrons. The summed E-state index contributed by atoms with van der Waals surface area (Å²) >= 11 is 0. The number of terminal acetylenes is 1. The summed E-state index contributed by atoms with van der Waals surface area (Å²) in [5.74, 6) is 257. The average Bonchev–Trinajstić information content (AvgIpc) is 3.78. The summed E-state index contributed by atoms with van der Waals surface area (Å²) in [7, 11) is 0. The molecule has 105 heavy (non-hydrogen) atoms. The molecular weight excluding hydrogens is 1260 g/mol. The van der Waals surface area contributed by atoms with Gasteiger partial charge in [-0.2, -0.15) is 0 Å². The van der Waals surface area contributed by atoms with Crippen molar-refractivity contribution in [3.63, 3.8) is 0 Å². The van der Waals surface area contributed by atoms with Gasteiger partial charge in [0.15, 0.2) is 0 Å². The van der Waals surface area contributed by atoms with Crippen molar-refractivity contribution < 1.29 is 0 Å². The molecule has 0 aromatic carbocycles. The molecule has 424 valence electrons. The molecule has 0 heterocycles. The Hall–Kier alpha value is -22.9. The van der Waals surface area contributed by atoms with Crippen molar-refractivity contribution in [3.8, 4) is 616 Å². The molecular formula is C105H4. The van der Waals surface area contributed by atoms with Crippen LogP contribution >= 0.6 is 0 Å². The second kappa shape index (κ2) is 81.1. The lowest BCUT2D eigenvalue weighted by Gasteiger charge is -1.58. The molecule has 0 unspecified atom stereocenters. The van der Waals surface area contributed by atoms with Crippen LogP contribution in [0.2, 0.25) is 0 Å². The van der Waals surface area contributed by atoms with Crippen molar-refractivity contribution >= 4 is 0 Å². The molecule has 0 rings (SSSR count). The molecule has 0 saturated carbocycles. The van der Waals surface area contributed by atoms with Crippen LogP contribution in [-0.2, 0) is 0 Å². The Bertz CT molecular complexity index is 7450. The molecule has 0 N–H and O–H groups in total. The molecule has 0 aliphatic carbocycles. The van der Waals surface area contributed by atoms with Crippen molar-refractivity contribution in [2.45, 2.75) is 6.92 Å². The van der Waals surface area contributed by atoms with Gasteiger partial charge in [0.25, 0.3) is 0 Å². The third kappa shape index (κ3) is 81.1. The van der Waals surface area contributed by atoms with E-state index in [0.29, 0.717) is 0 Å². The summed E-state index contributed by atoms with van der Waals surface area (Å²) in [6.07, 6.45) is 4.95. The lowest BCUT2D eigenvalue weighted by Crippen LogP contribution is -1.57. The fraction of sp³-hybridized carbons (Fsp3) is 0.00952. The zero-order valence-corrected chi connectivity index (χ0v) is 53.1. The summed E-state index contributed by atoms with van der Waals surface area (Å²) < 4.78 is 0. The van der Waals surface area contributed by atoms with E-state index < -0.39 is 0 Å². The van der Waals surface area contributed by atoms with E-state index in [-0.39, 0.29) is 0 Å². The fourth-order valence-corrected chi connectivity index (χ4v) is 3.19. The standard InChI is InChI=1S/C105H4/c1-3-5-7-9-11-13-15-17-19-21-23-25-27-29-31-33-35-37-39-41-43-45-47-49-51-53-55-57-59-61-63-65-67-69-71-73-75-77-79-81-83-85-87-89-91-93-95-97-99-101-103-105-104-102-100-98-96-94-92-90-88-86-84-82-80-78-76-74-72-70-68-66-64-62-60-58-56-54-52-50-48-46-44-42-40-38-36-34-32-30-28-26-24-22-20-18-16-14-12-10-8-6-4-2/h1H,2H3. The van der Waals surface area contributed by atoms with Crippen LogP contribution in [0, 0.1) is 616 Å². The summed E-state index contributed by atoms with van der Waals surface area (Å²) in [4.78, 5) is 0. The largest absolute Gasteiger partial charge is 0.106 e. The van der Waals surface area contributed by atoms with Gasteiger partial charge in [0.1, 0.15) is 0 Å². The van der Waals surface area contributed by atoms with E-state index in [2.05, 4.69) is 610 Å². The average molecular weight is 1270 g/mol. The van der Waals surface area contributed by atoms with Gasteiger partial charge in [-0.15, -0.1) is 6.42 Å². The van der Waals surface area contributed by atoms with E-state index >= 15 is 0 Å². The van der Waals surface area contributed by atoms with Crippen LogP contribution < -0.4 is 0 Å². The smallest absolute Gasteiger partial charge is 0 e. The van der Waals surface area contributed by atoms with E-state index in [1.165, 1.54) is 0 Å². The van der Waals surface area contributed by atoms with Gasteiger partial charge in [-0.05, 0) is 102 Å². The number of hydrogen-bond acceptors (Lipinski definition) is 0. The third-order valence-electron chi connectivity index (χ3n) is 6.45. The number of hydrogen-bond donors (Lipinski definition) is 0. The highest BCUT2D eigenvalue weighted by atomic mass is 13.7. The minimum atomic E-state index is 1.68. The zero-order chi connectivity index (χ0) is 74.8. The predicted molar refractivity (Wildman–Crippen MR) is 411 cm³/mol. The van der Waals surface area contributed by atoms with Gasteiger partial charge in [0.05, 0.1) is 0 Å². The lowest BCUT2D eigenvalue weighted by molar-refractivity contribution is 1.92. The highest BCUT2D eigenvalue weighted by Crippen LogP contribution is 1.68. The predicted octanol–water partition coefficient (Wildman–Crippen LogP) is 0.813. The molecule has 0 nitrogen and oxygen atoms in total. The van der Waals surface area contributed by atoms with Crippen LogP contribution in [0.1, 0.15) is 6.92 Å². The van der Waals surface area contributed by atoms with Crippen LogP contribution in [-0.4, -0.2) is 0 Å². The Morgan fingerprint density at radius 3 is 0.171 bits per heavy atom. The summed E-state index contributed by atoms with van der Waals surface area (Å²) in [6, 6.07) is 0. The first-order valence-corrected chi connectivity index (χ1v) is 26.3. The number of rotatable bonds is 0. The molecule has 0 atom stereocenters. The molecule has 0 aromatic rings. The molecule has 0 fully saturated rings. The third-order valence-corrected chi connectivity index (χ3v) is 6.45. The second-order valence-electron chi connectivity index (χ2n) is 13.0. The molecule has 0 aliphatic rings. The van der Waals surface area contributed by atoms with Crippen LogP contribution in [0.15, 0.2) is 0 Å². The van der Waals surface area contributed by atoms with Gasteiger partial charge in [-0.3, -0.25) is 0 Å². The molecule has 0 bridgehead atoms. The first kappa shape index (κ1) is 82.1. The maximum Gasteiger partial charge on any atom is 0 e. The molecule has 0 amide bonds. The van der Waals surface area contributed by atoms with E-state index in [0.717, 1.165) is 0 Å². The topological polar surface area (TPSA) is 0 Å². The maximum atomic E-state index is 4.95. The van der Waals surface area contributed by atoms with Crippen molar-refractivity contribution in [1.29, 1.82) is 0 Å². The maximum absolute atomic E-state index is 4.95. The monoisotopic (exact) mass is 1260 g/mol. The second-order valence-corrected chi connectivity index (χ2v) is 13.0. The van der Waals surface area contributed by atoms with Crippen LogP contribution in [0.4, 0.5) is 0 Å². The van der Waals surface area contributed by atoms with Crippen molar-refractivity contribution in [1.82, 2.24) is 0 Å². The van der Waals surface area contributed by atoms with Crippen LogP contribution in [0.25, 0.3) is 0 Å². The minimum Gasteiger partial charge on any atom is -0.106 e. The van der Waals surface area contributed by atoms with Crippen LogP contribution in [0.3, 0.4) is 0 Å². The zero-order valence-electron chi connectivity index (χ0n) is 53.1. The first-order chi connectivity index (χ1) is 52.4. The normalized spacial score (nSPS) is 3.96. The van der Waals surface area contributed by atoms with Crippen molar-refractivity contribution in [2.75, 3.05) is 0 Å². The van der Waals surface area contributed by atoms with E-state index in [1.807, 2.05) is 0 Å². The van der Waals surface area contributed by atoms with Crippen molar-refractivity contribution in [3.05, 3.63) is 0 Å². The molecule has 0 aliphatic heterocycles. The minimum absolute atomic E-state index is 1.68. The summed E-state index contributed by atoms with van der Waals surface area (Å²) in [5, 5.41) is 0. The molecule has 0 spiro atoms. The van der Waals surface area contributed by atoms with Gasteiger partial charge < -0.3 is 0 Å².